The summed E-state index contributed by atoms with van der Waals surface area (Å²) in [5.74, 6) is 0.0236. The van der Waals surface area contributed by atoms with Crippen LogP contribution >= 0.6 is 0 Å². The van der Waals surface area contributed by atoms with E-state index in [0.717, 1.165) is 12.8 Å². The fraction of sp³-hybridized carbons (Fsp3) is 0.562. The Labute approximate surface area is 115 Å². The zero-order valence-corrected chi connectivity index (χ0v) is 12.3. The molecule has 2 rings (SSSR count). The van der Waals surface area contributed by atoms with Gasteiger partial charge in [0, 0.05) is 13.2 Å². The van der Waals surface area contributed by atoms with Crippen molar-refractivity contribution in [2.24, 2.45) is 0 Å². The van der Waals surface area contributed by atoms with Gasteiger partial charge in [0.2, 0.25) is 5.91 Å². The molecule has 1 atom stereocenters. The molecular weight excluding hydrogens is 238 g/mol. The van der Waals surface area contributed by atoms with Gasteiger partial charge in [0.05, 0.1) is 0 Å². The lowest BCUT2D eigenvalue weighted by atomic mass is 9.94. The second kappa shape index (κ2) is 5.74. The fourth-order valence-electron chi connectivity index (χ4n) is 2.64. The molecule has 1 aromatic rings. The van der Waals surface area contributed by atoms with Gasteiger partial charge in [-0.2, -0.15) is 0 Å². The summed E-state index contributed by atoms with van der Waals surface area (Å²) in [6, 6.07) is 2.20. The largest absolute Gasteiger partial charge is 0.368 e. The number of amides is 1. The molecule has 1 saturated heterocycles. The van der Waals surface area contributed by atoms with Gasteiger partial charge >= 0.3 is 0 Å². The third-order valence-electron chi connectivity index (χ3n) is 4.18. The molecule has 19 heavy (non-hydrogen) atoms. The summed E-state index contributed by atoms with van der Waals surface area (Å²) in [5, 5.41) is 3.01. The maximum atomic E-state index is 12.0. The average Bonchev–Trinajstić information content (AvgIpc) is 2.90. The first-order valence-corrected chi connectivity index (χ1v) is 6.96. The van der Waals surface area contributed by atoms with Gasteiger partial charge in [-0.25, -0.2) is 0 Å². The summed E-state index contributed by atoms with van der Waals surface area (Å²) in [6.07, 6.45) is 1.59. The number of aryl methyl sites for hydroxylation is 2. The highest BCUT2D eigenvalue weighted by molar-refractivity contribution is 5.81. The van der Waals surface area contributed by atoms with E-state index >= 15 is 0 Å². The molecule has 1 unspecified atom stereocenters. The van der Waals surface area contributed by atoms with Crippen molar-refractivity contribution in [1.82, 2.24) is 5.32 Å². The van der Waals surface area contributed by atoms with Crippen LogP contribution in [0.15, 0.2) is 6.07 Å². The summed E-state index contributed by atoms with van der Waals surface area (Å²) < 4.78 is 5.40. The van der Waals surface area contributed by atoms with Gasteiger partial charge in [-0.1, -0.05) is 6.07 Å². The molecule has 0 aliphatic carbocycles. The molecule has 1 heterocycles. The Kier molecular flexibility index (Phi) is 4.25. The van der Waals surface area contributed by atoms with Crippen LogP contribution in [0, 0.1) is 27.7 Å². The van der Waals surface area contributed by atoms with Crippen LogP contribution in [0.3, 0.4) is 0 Å². The normalized spacial score (nSPS) is 18.6. The summed E-state index contributed by atoms with van der Waals surface area (Å²) in [7, 11) is 0. The number of benzene rings is 1. The quantitative estimate of drug-likeness (QED) is 0.908. The van der Waals surface area contributed by atoms with Crippen LogP contribution in [-0.2, 0) is 16.1 Å². The monoisotopic (exact) mass is 261 g/mol. The molecular formula is C16H23NO2. The Balaban J connectivity index is 2.09. The minimum Gasteiger partial charge on any atom is -0.368 e. The van der Waals surface area contributed by atoms with Gasteiger partial charge in [-0.05, 0) is 68.4 Å². The summed E-state index contributed by atoms with van der Waals surface area (Å²) in [5.41, 5.74) is 6.35. The van der Waals surface area contributed by atoms with E-state index in [1.165, 1.54) is 27.8 Å². The molecule has 0 aromatic heterocycles. The number of ether oxygens (including phenoxy) is 1. The molecule has 0 saturated carbocycles. The van der Waals surface area contributed by atoms with Crippen molar-refractivity contribution in [1.29, 1.82) is 0 Å². The van der Waals surface area contributed by atoms with Gasteiger partial charge < -0.3 is 10.1 Å². The van der Waals surface area contributed by atoms with Crippen LogP contribution in [0.1, 0.15) is 40.7 Å². The number of hydrogen-bond donors (Lipinski definition) is 1. The molecule has 1 aromatic carbocycles. The minimum atomic E-state index is -0.244. The molecule has 3 heteroatoms. The third-order valence-corrected chi connectivity index (χ3v) is 4.18. The third kappa shape index (κ3) is 2.98. The van der Waals surface area contributed by atoms with Gasteiger partial charge in [-0.3, -0.25) is 4.79 Å². The highest BCUT2D eigenvalue weighted by atomic mass is 16.5. The molecule has 1 amide bonds. The minimum absolute atomic E-state index is 0.0236. The standard InChI is InChI=1S/C16H23NO2/c1-10-8-11(2)13(4)14(12(10)3)9-17-16(18)15-6-5-7-19-15/h8,15H,5-7,9H2,1-4H3,(H,17,18). The molecule has 0 spiro atoms. The molecule has 0 radical (unpaired) electrons. The Morgan fingerprint density at radius 2 is 1.89 bits per heavy atom. The molecule has 1 aliphatic heterocycles. The van der Waals surface area contributed by atoms with Crippen LogP contribution in [0.4, 0.5) is 0 Å². The number of rotatable bonds is 3. The maximum absolute atomic E-state index is 12.0. The number of nitrogens with one attached hydrogen (secondary N) is 1. The molecule has 0 bridgehead atoms. The van der Waals surface area contributed by atoms with Crippen molar-refractivity contribution in [3.8, 4) is 0 Å². The lowest BCUT2D eigenvalue weighted by Crippen LogP contribution is -2.34. The summed E-state index contributed by atoms with van der Waals surface area (Å²) in [4.78, 5) is 12.0. The topological polar surface area (TPSA) is 38.3 Å². The van der Waals surface area contributed by atoms with E-state index in [9.17, 15) is 4.79 Å². The number of carbonyl (C=O) groups excluding carboxylic acids is 1. The first-order valence-electron chi connectivity index (χ1n) is 6.96. The average molecular weight is 261 g/mol. The predicted octanol–water partition coefficient (Wildman–Crippen LogP) is 2.72. The summed E-state index contributed by atoms with van der Waals surface area (Å²) in [6.45, 7) is 9.78. The van der Waals surface area contributed by atoms with Gasteiger partial charge in [-0.15, -0.1) is 0 Å². The lowest BCUT2D eigenvalue weighted by molar-refractivity contribution is -0.130. The van der Waals surface area contributed by atoms with Crippen molar-refractivity contribution >= 4 is 5.91 Å². The highest BCUT2D eigenvalue weighted by Gasteiger charge is 2.23. The maximum Gasteiger partial charge on any atom is 0.249 e. The Bertz CT molecular complexity index is 462. The van der Waals surface area contributed by atoms with E-state index in [-0.39, 0.29) is 12.0 Å². The van der Waals surface area contributed by atoms with Gasteiger partial charge in [0.25, 0.3) is 0 Å². The van der Waals surface area contributed by atoms with Crippen molar-refractivity contribution in [2.45, 2.75) is 53.2 Å². The van der Waals surface area contributed by atoms with Crippen LogP contribution < -0.4 is 5.32 Å². The Morgan fingerprint density at radius 3 is 2.42 bits per heavy atom. The van der Waals surface area contributed by atoms with Crippen LogP contribution in [-0.4, -0.2) is 18.6 Å². The predicted molar refractivity (Wildman–Crippen MR) is 76.2 cm³/mol. The molecule has 3 nitrogen and oxygen atoms in total. The summed E-state index contributed by atoms with van der Waals surface area (Å²) >= 11 is 0. The lowest BCUT2D eigenvalue weighted by Gasteiger charge is -2.17. The van der Waals surface area contributed by atoms with Crippen LogP contribution in [0.25, 0.3) is 0 Å². The second-order valence-electron chi connectivity index (χ2n) is 5.46. The van der Waals surface area contributed by atoms with Crippen molar-refractivity contribution in [3.63, 3.8) is 0 Å². The van der Waals surface area contributed by atoms with E-state index in [0.29, 0.717) is 13.2 Å². The number of carbonyl (C=O) groups is 1. The second-order valence-corrected chi connectivity index (χ2v) is 5.46. The van der Waals surface area contributed by atoms with Crippen molar-refractivity contribution < 1.29 is 9.53 Å². The van der Waals surface area contributed by atoms with E-state index in [1.54, 1.807) is 0 Å². The molecule has 1 fully saturated rings. The zero-order valence-electron chi connectivity index (χ0n) is 12.3. The van der Waals surface area contributed by atoms with E-state index < -0.39 is 0 Å². The highest BCUT2D eigenvalue weighted by Crippen LogP contribution is 2.21. The first kappa shape index (κ1) is 14.1. The molecule has 104 valence electrons. The molecule has 1 N–H and O–H groups in total. The van der Waals surface area contributed by atoms with Crippen molar-refractivity contribution in [3.05, 3.63) is 33.9 Å². The van der Waals surface area contributed by atoms with E-state index in [4.69, 9.17) is 4.74 Å². The van der Waals surface area contributed by atoms with Crippen molar-refractivity contribution in [2.75, 3.05) is 6.61 Å². The van der Waals surface area contributed by atoms with E-state index in [2.05, 4.69) is 39.1 Å². The van der Waals surface area contributed by atoms with Crippen LogP contribution in [0.5, 0.6) is 0 Å². The first-order chi connectivity index (χ1) is 9.00. The molecule has 1 aliphatic rings. The smallest absolute Gasteiger partial charge is 0.249 e. The van der Waals surface area contributed by atoms with E-state index in [1.807, 2.05) is 0 Å². The van der Waals surface area contributed by atoms with Gasteiger partial charge in [0.1, 0.15) is 6.10 Å². The SMILES string of the molecule is Cc1cc(C)c(C)c(CNC(=O)C2CCCO2)c1C. The Morgan fingerprint density at radius 1 is 1.26 bits per heavy atom. The Hall–Kier alpha value is -1.35. The van der Waals surface area contributed by atoms with Gasteiger partial charge in [0.15, 0.2) is 0 Å². The number of hydrogen-bond acceptors (Lipinski definition) is 2. The fourth-order valence-corrected chi connectivity index (χ4v) is 2.64. The zero-order chi connectivity index (χ0) is 14.0. The van der Waals surface area contributed by atoms with Crippen LogP contribution in [0.2, 0.25) is 0 Å².